The second-order valence-corrected chi connectivity index (χ2v) is 4.83. The summed E-state index contributed by atoms with van der Waals surface area (Å²) in [6.07, 6.45) is 0.464. The lowest BCUT2D eigenvalue weighted by Crippen LogP contribution is -2.02. The van der Waals surface area contributed by atoms with Gasteiger partial charge in [-0.3, -0.25) is 0 Å². The Bertz CT molecular complexity index is 634. The van der Waals surface area contributed by atoms with Crippen molar-refractivity contribution in [1.29, 1.82) is 5.26 Å². The highest BCUT2D eigenvalue weighted by atomic mass is 35.5. The summed E-state index contributed by atoms with van der Waals surface area (Å²) >= 11 is 5.98. The summed E-state index contributed by atoms with van der Waals surface area (Å²) in [5.41, 5.74) is 1.63. The van der Waals surface area contributed by atoms with Crippen molar-refractivity contribution in [1.82, 2.24) is 0 Å². The average Bonchev–Trinajstić information content (AvgIpc) is 2.46. The molecular weight excluding hydrogens is 277 g/mol. The SMILES string of the molecule is COc1ccc(Cl)cc1CC(C#N)c1ccc(F)cc1. The summed E-state index contributed by atoms with van der Waals surface area (Å²) in [7, 11) is 1.58. The molecular formula is C16H13ClFNO. The second kappa shape index (κ2) is 6.40. The van der Waals surface area contributed by atoms with Gasteiger partial charge in [0.2, 0.25) is 0 Å². The molecule has 102 valence electrons. The lowest BCUT2D eigenvalue weighted by atomic mass is 9.93. The van der Waals surface area contributed by atoms with E-state index in [1.807, 2.05) is 0 Å². The monoisotopic (exact) mass is 289 g/mol. The first-order chi connectivity index (χ1) is 9.63. The van der Waals surface area contributed by atoms with Gasteiger partial charge < -0.3 is 4.74 Å². The molecule has 2 rings (SSSR count). The number of ether oxygens (including phenoxy) is 1. The third-order valence-electron chi connectivity index (χ3n) is 3.09. The van der Waals surface area contributed by atoms with E-state index < -0.39 is 0 Å². The Morgan fingerprint density at radius 1 is 1.25 bits per heavy atom. The van der Waals surface area contributed by atoms with Crippen LogP contribution >= 0.6 is 11.6 Å². The van der Waals surface area contributed by atoms with E-state index in [0.29, 0.717) is 17.2 Å². The Kier molecular flexibility index (Phi) is 4.60. The summed E-state index contributed by atoms with van der Waals surface area (Å²) in [5, 5.41) is 9.92. The van der Waals surface area contributed by atoms with E-state index >= 15 is 0 Å². The molecule has 0 fully saturated rings. The molecule has 2 aromatic carbocycles. The summed E-state index contributed by atoms with van der Waals surface area (Å²) in [6, 6.07) is 13.5. The minimum absolute atomic E-state index is 0.314. The molecule has 2 aromatic rings. The van der Waals surface area contributed by atoms with Gasteiger partial charge in [0.05, 0.1) is 19.1 Å². The molecule has 0 N–H and O–H groups in total. The minimum atomic E-state index is -0.372. The highest BCUT2D eigenvalue weighted by Gasteiger charge is 2.15. The second-order valence-electron chi connectivity index (χ2n) is 4.39. The molecule has 0 aromatic heterocycles. The van der Waals surface area contributed by atoms with Crippen molar-refractivity contribution in [3.63, 3.8) is 0 Å². The summed E-state index contributed by atoms with van der Waals surface area (Å²) in [4.78, 5) is 0. The number of benzene rings is 2. The summed E-state index contributed by atoms with van der Waals surface area (Å²) in [5.74, 6) is 0.00510. The molecule has 0 amide bonds. The van der Waals surface area contributed by atoms with Crippen molar-refractivity contribution < 1.29 is 9.13 Å². The van der Waals surface area contributed by atoms with Crippen molar-refractivity contribution in [2.24, 2.45) is 0 Å². The summed E-state index contributed by atoms with van der Waals surface area (Å²) < 4.78 is 18.2. The number of nitrogens with zero attached hydrogens (tertiary/aromatic N) is 1. The van der Waals surface area contributed by atoms with Gasteiger partial charge in [-0.15, -0.1) is 0 Å². The molecule has 4 heteroatoms. The maximum Gasteiger partial charge on any atom is 0.123 e. The van der Waals surface area contributed by atoms with Crippen LogP contribution in [0, 0.1) is 17.1 Å². The van der Waals surface area contributed by atoms with Gasteiger partial charge in [0.25, 0.3) is 0 Å². The van der Waals surface area contributed by atoms with Crippen LogP contribution in [0.2, 0.25) is 5.02 Å². The van der Waals surface area contributed by atoms with Crippen molar-refractivity contribution >= 4 is 11.6 Å². The number of hydrogen-bond donors (Lipinski definition) is 0. The first-order valence-electron chi connectivity index (χ1n) is 6.11. The van der Waals surface area contributed by atoms with Gasteiger partial charge in [-0.1, -0.05) is 23.7 Å². The molecule has 20 heavy (non-hydrogen) atoms. The van der Waals surface area contributed by atoms with Crippen LogP contribution in [0.15, 0.2) is 42.5 Å². The fourth-order valence-electron chi connectivity index (χ4n) is 2.06. The molecule has 0 aliphatic heterocycles. The molecule has 0 aliphatic carbocycles. The lowest BCUT2D eigenvalue weighted by molar-refractivity contribution is 0.409. The Morgan fingerprint density at radius 2 is 1.95 bits per heavy atom. The van der Waals surface area contributed by atoms with Gasteiger partial charge in [-0.25, -0.2) is 4.39 Å². The van der Waals surface area contributed by atoms with Crippen LogP contribution in [0.25, 0.3) is 0 Å². The zero-order chi connectivity index (χ0) is 14.5. The topological polar surface area (TPSA) is 33.0 Å². The molecule has 1 atom stereocenters. The van der Waals surface area contributed by atoms with Crippen LogP contribution in [-0.4, -0.2) is 7.11 Å². The minimum Gasteiger partial charge on any atom is -0.496 e. The maximum atomic E-state index is 12.9. The molecule has 0 heterocycles. The van der Waals surface area contributed by atoms with E-state index in [1.54, 1.807) is 37.4 Å². The van der Waals surface area contributed by atoms with E-state index in [-0.39, 0.29) is 11.7 Å². The molecule has 0 radical (unpaired) electrons. The first kappa shape index (κ1) is 14.4. The van der Waals surface area contributed by atoms with Crippen LogP contribution in [-0.2, 0) is 6.42 Å². The van der Waals surface area contributed by atoms with Crippen molar-refractivity contribution in [2.45, 2.75) is 12.3 Å². The van der Waals surface area contributed by atoms with Gasteiger partial charge >= 0.3 is 0 Å². The Morgan fingerprint density at radius 3 is 2.55 bits per heavy atom. The van der Waals surface area contributed by atoms with Crippen LogP contribution in [0.3, 0.4) is 0 Å². The number of halogens is 2. The fraction of sp³-hybridized carbons (Fsp3) is 0.188. The van der Waals surface area contributed by atoms with E-state index in [9.17, 15) is 9.65 Å². The average molecular weight is 290 g/mol. The van der Waals surface area contributed by atoms with Crippen LogP contribution in [0.1, 0.15) is 17.0 Å². The smallest absolute Gasteiger partial charge is 0.123 e. The van der Waals surface area contributed by atoms with Gasteiger partial charge in [0.1, 0.15) is 11.6 Å². The molecule has 0 saturated heterocycles. The Hall–Kier alpha value is -2.05. The van der Waals surface area contributed by atoms with Crippen molar-refractivity contribution in [2.75, 3.05) is 7.11 Å². The fourth-order valence-corrected chi connectivity index (χ4v) is 2.25. The standard InChI is InChI=1S/C16H13ClFNO/c1-20-16-7-4-14(17)9-12(16)8-13(10-19)11-2-5-15(18)6-3-11/h2-7,9,13H,8H2,1H3. The predicted octanol–water partition coefficient (Wildman–Crippen LogP) is 4.34. The van der Waals surface area contributed by atoms with E-state index in [0.717, 1.165) is 11.1 Å². The number of hydrogen-bond acceptors (Lipinski definition) is 2. The molecule has 0 spiro atoms. The molecule has 2 nitrogen and oxygen atoms in total. The van der Waals surface area contributed by atoms with Gasteiger partial charge in [0.15, 0.2) is 0 Å². The van der Waals surface area contributed by atoms with E-state index in [2.05, 4.69) is 6.07 Å². The number of nitriles is 1. The largest absolute Gasteiger partial charge is 0.496 e. The quantitative estimate of drug-likeness (QED) is 0.839. The number of rotatable bonds is 4. The van der Waals surface area contributed by atoms with Crippen LogP contribution in [0.4, 0.5) is 4.39 Å². The lowest BCUT2D eigenvalue weighted by Gasteiger charge is -2.13. The Labute approximate surface area is 122 Å². The van der Waals surface area contributed by atoms with Crippen molar-refractivity contribution in [3.05, 3.63) is 64.4 Å². The Balaban J connectivity index is 2.29. The van der Waals surface area contributed by atoms with Gasteiger partial charge in [-0.2, -0.15) is 5.26 Å². The molecule has 1 unspecified atom stereocenters. The van der Waals surface area contributed by atoms with Gasteiger partial charge in [0, 0.05) is 5.02 Å². The van der Waals surface area contributed by atoms with Crippen LogP contribution in [0.5, 0.6) is 5.75 Å². The highest BCUT2D eigenvalue weighted by molar-refractivity contribution is 6.30. The van der Waals surface area contributed by atoms with Crippen LogP contribution < -0.4 is 4.74 Å². The molecule has 0 saturated carbocycles. The van der Waals surface area contributed by atoms with E-state index in [1.165, 1.54) is 12.1 Å². The predicted molar refractivity (Wildman–Crippen MR) is 76.5 cm³/mol. The third kappa shape index (κ3) is 3.28. The molecule has 0 bridgehead atoms. The maximum absolute atomic E-state index is 12.9. The van der Waals surface area contributed by atoms with E-state index in [4.69, 9.17) is 16.3 Å². The van der Waals surface area contributed by atoms with Gasteiger partial charge in [-0.05, 0) is 47.9 Å². The highest BCUT2D eigenvalue weighted by Crippen LogP contribution is 2.28. The third-order valence-corrected chi connectivity index (χ3v) is 3.33. The zero-order valence-corrected chi connectivity index (χ0v) is 11.7. The first-order valence-corrected chi connectivity index (χ1v) is 6.49. The van der Waals surface area contributed by atoms with Crippen molar-refractivity contribution in [3.8, 4) is 11.8 Å². The normalized spacial score (nSPS) is 11.7. The zero-order valence-electron chi connectivity index (χ0n) is 10.9. The summed E-state index contributed by atoms with van der Waals surface area (Å²) in [6.45, 7) is 0. The number of methoxy groups -OCH3 is 1. The molecule has 0 aliphatic rings.